The van der Waals surface area contributed by atoms with Gasteiger partial charge < -0.3 is 10.4 Å². The molecule has 0 saturated carbocycles. The van der Waals surface area contributed by atoms with Crippen molar-refractivity contribution in [1.29, 1.82) is 0 Å². The molecule has 98 valence electrons. The largest absolute Gasteiger partial charge is 0.388 e. The second-order valence-electron chi connectivity index (χ2n) is 4.41. The van der Waals surface area contributed by atoms with Gasteiger partial charge in [-0.15, -0.1) is 0 Å². The van der Waals surface area contributed by atoms with Crippen LogP contribution in [-0.2, 0) is 0 Å². The van der Waals surface area contributed by atoms with Crippen molar-refractivity contribution >= 4 is 33.6 Å². The summed E-state index contributed by atoms with van der Waals surface area (Å²) in [6.07, 6.45) is 4.60. The molecule has 1 aliphatic heterocycles. The van der Waals surface area contributed by atoms with Crippen molar-refractivity contribution in [2.75, 3.05) is 18.1 Å². The Morgan fingerprint density at radius 2 is 2.22 bits per heavy atom. The van der Waals surface area contributed by atoms with E-state index in [-0.39, 0.29) is 5.91 Å². The Kier molecular flexibility index (Phi) is 4.64. The van der Waals surface area contributed by atoms with E-state index in [1.165, 1.54) is 6.20 Å². The number of carbonyl (C=O) groups excluding carboxylic acids is 1. The number of hydrogen-bond donors (Lipinski definition) is 2. The third-order valence-electron chi connectivity index (χ3n) is 2.97. The molecule has 0 unspecified atom stereocenters. The van der Waals surface area contributed by atoms with Crippen molar-refractivity contribution in [2.45, 2.75) is 18.4 Å². The van der Waals surface area contributed by atoms with E-state index in [9.17, 15) is 9.90 Å². The molecule has 0 aromatic carbocycles. The Morgan fingerprint density at radius 1 is 1.50 bits per heavy atom. The van der Waals surface area contributed by atoms with Crippen LogP contribution in [-0.4, -0.2) is 39.6 Å². The van der Waals surface area contributed by atoms with Crippen LogP contribution in [0.5, 0.6) is 0 Å². The first-order valence-corrected chi connectivity index (χ1v) is 7.73. The van der Waals surface area contributed by atoms with Gasteiger partial charge in [0.2, 0.25) is 0 Å². The van der Waals surface area contributed by atoms with Crippen LogP contribution < -0.4 is 5.32 Å². The minimum absolute atomic E-state index is 0.199. The summed E-state index contributed by atoms with van der Waals surface area (Å²) in [5, 5.41) is 13.0. The maximum absolute atomic E-state index is 11.9. The number of halogens is 1. The molecule has 4 nitrogen and oxygen atoms in total. The third kappa shape index (κ3) is 3.70. The number of aromatic nitrogens is 1. The van der Waals surface area contributed by atoms with Crippen molar-refractivity contribution < 1.29 is 9.90 Å². The highest BCUT2D eigenvalue weighted by atomic mass is 79.9. The van der Waals surface area contributed by atoms with Crippen LogP contribution in [0.4, 0.5) is 0 Å². The lowest BCUT2D eigenvalue weighted by atomic mass is 9.97. The molecular formula is C12H15BrN2O2S. The highest BCUT2D eigenvalue weighted by molar-refractivity contribution is 9.10. The fraction of sp³-hybridized carbons (Fsp3) is 0.500. The van der Waals surface area contributed by atoms with E-state index >= 15 is 0 Å². The van der Waals surface area contributed by atoms with Crippen molar-refractivity contribution in [3.05, 3.63) is 28.5 Å². The van der Waals surface area contributed by atoms with Gasteiger partial charge in [-0.2, -0.15) is 11.8 Å². The molecule has 6 heteroatoms. The molecule has 0 spiro atoms. The predicted molar refractivity (Wildman–Crippen MR) is 75.8 cm³/mol. The number of nitrogens with one attached hydrogen (secondary N) is 1. The third-order valence-corrected chi connectivity index (χ3v) is 4.39. The summed E-state index contributed by atoms with van der Waals surface area (Å²) in [6, 6.07) is 1.71. The first kappa shape index (κ1) is 13.8. The van der Waals surface area contributed by atoms with E-state index < -0.39 is 5.60 Å². The molecule has 0 atom stereocenters. The zero-order chi connectivity index (χ0) is 13.0. The van der Waals surface area contributed by atoms with Gasteiger partial charge >= 0.3 is 0 Å². The maximum atomic E-state index is 11.9. The van der Waals surface area contributed by atoms with Crippen LogP contribution in [0.1, 0.15) is 23.2 Å². The SMILES string of the molecule is O=C(NCC1(O)CCSCC1)c1cncc(Br)c1. The van der Waals surface area contributed by atoms with Crippen LogP contribution in [0.3, 0.4) is 0 Å². The number of amides is 1. The van der Waals surface area contributed by atoms with E-state index in [1.54, 1.807) is 12.3 Å². The number of carbonyl (C=O) groups is 1. The summed E-state index contributed by atoms with van der Waals surface area (Å²) in [7, 11) is 0. The van der Waals surface area contributed by atoms with Crippen LogP contribution in [0, 0.1) is 0 Å². The van der Waals surface area contributed by atoms with Gasteiger partial charge in [0.05, 0.1) is 11.2 Å². The molecule has 2 rings (SSSR count). The molecule has 0 radical (unpaired) electrons. The fourth-order valence-corrected chi connectivity index (χ4v) is 3.43. The lowest BCUT2D eigenvalue weighted by molar-refractivity contribution is 0.0311. The topological polar surface area (TPSA) is 62.2 Å². The Hall–Kier alpha value is -0.590. The van der Waals surface area contributed by atoms with Crippen molar-refractivity contribution in [1.82, 2.24) is 10.3 Å². The second-order valence-corrected chi connectivity index (χ2v) is 6.55. The molecular weight excluding hydrogens is 316 g/mol. The maximum Gasteiger partial charge on any atom is 0.252 e. The fourth-order valence-electron chi connectivity index (χ4n) is 1.81. The first-order chi connectivity index (χ1) is 8.59. The Bertz CT molecular complexity index is 436. The number of thioether (sulfide) groups is 1. The Morgan fingerprint density at radius 3 is 2.89 bits per heavy atom. The standard InChI is InChI=1S/C12H15BrN2O2S/c13-10-5-9(6-14-7-10)11(16)15-8-12(17)1-3-18-4-2-12/h5-7,17H,1-4,8H2,(H,15,16). The van der Waals surface area contributed by atoms with Gasteiger partial charge in [-0.3, -0.25) is 9.78 Å². The van der Waals surface area contributed by atoms with Gasteiger partial charge in [0, 0.05) is 23.4 Å². The minimum Gasteiger partial charge on any atom is -0.388 e. The number of hydrogen-bond acceptors (Lipinski definition) is 4. The highest BCUT2D eigenvalue weighted by Crippen LogP contribution is 2.26. The molecule has 2 N–H and O–H groups in total. The van der Waals surface area contributed by atoms with Crippen molar-refractivity contribution in [2.24, 2.45) is 0 Å². The van der Waals surface area contributed by atoms with Gasteiger partial charge in [-0.05, 0) is 46.3 Å². The Balaban J connectivity index is 1.92. The number of nitrogens with zero attached hydrogens (tertiary/aromatic N) is 1. The van der Waals surface area contributed by atoms with Gasteiger partial charge in [0.1, 0.15) is 0 Å². The molecule has 2 heterocycles. The zero-order valence-corrected chi connectivity index (χ0v) is 12.3. The normalized spacial score (nSPS) is 18.3. The van der Waals surface area contributed by atoms with E-state index in [1.807, 2.05) is 11.8 Å². The van der Waals surface area contributed by atoms with E-state index in [4.69, 9.17) is 0 Å². The molecule has 1 amide bonds. The zero-order valence-electron chi connectivity index (χ0n) is 9.86. The quantitative estimate of drug-likeness (QED) is 0.887. The average Bonchev–Trinajstić information content (AvgIpc) is 2.37. The van der Waals surface area contributed by atoms with Crippen LogP contribution in [0.15, 0.2) is 22.9 Å². The number of rotatable bonds is 3. The van der Waals surface area contributed by atoms with Crippen molar-refractivity contribution in [3.63, 3.8) is 0 Å². The van der Waals surface area contributed by atoms with Crippen molar-refractivity contribution in [3.8, 4) is 0 Å². The average molecular weight is 331 g/mol. The number of pyridine rings is 1. The smallest absolute Gasteiger partial charge is 0.252 e. The molecule has 1 saturated heterocycles. The molecule has 18 heavy (non-hydrogen) atoms. The summed E-state index contributed by atoms with van der Waals surface area (Å²) in [5.74, 6) is 1.70. The van der Waals surface area contributed by atoms with Crippen LogP contribution in [0.25, 0.3) is 0 Å². The summed E-state index contributed by atoms with van der Waals surface area (Å²) >= 11 is 5.11. The summed E-state index contributed by atoms with van der Waals surface area (Å²) in [5.41, 5.74) is -0.251. The van der Waals surface area contributed by atoms with Crippen LogP contribution in [0.2, 0.25) is 0 Å². The van der Waals surface area contributed by atoms with Gasteiger partial charge in [-0.1, -0.05) is 0 Å². The van der Waals surface area contributed by atoms with Gasteiger partial charge in [0.15, 0.2) is 0 Å². The lowest BCUT2D eigenvalue weighted by Gasteiger charge is -2.31. The molecule has 0 aliphatic carbocycles. The lowest BCUT2D eigenvalue weighted by Crippen LogP contribution is -2.45. The van der Waals surface area contributed by atoms with E-state index in [0.717, 1.165) is 28.8 Å². The summed E-state index contributed by atoms with van der Waals surface area (Å²) < 4.78 is 0.767. The van der Waals surface area contributed by atoms with E-state index in [0.29, 0.717) is 12.1 Å². The number of aliphatic hydroxyl groups is 1. The monoisotopic (exact) mass is 330 g/mol. The minimum atomic E-state index is -0.750. The summed E-state index contributed by atoms with van der Waals surface area (Å²) in [4.78, 5) is 15.8. The van der Waals surface area contributed by atoms with Gasteiger partial charge in [0.25, 0.3) is 5.91 Å². The molecule has 1 aromatic heterocycles. The van der Waals surface area contributed by atoms with E-state index in [2.05, 4.69) is 26.2 Å². The highest BCUT2D eigenvalue weighted by Gasteiger charge is 2.29. The molecule has 1 aliphatic rings. The molecule has 1 fully saturated rings. The molecule has 1 aromatic rings. The predicted octanol–water partition coefficient (Wildman–Crippen LogP) is 1.83. The van der Waals surface area contributed by atoms with Crippen LogP contribution >= 0.6 is 27.7 Å². The Labute approximate surface area is 119 Å². The first-order valence-electron chi connectivity index (χ1n) is 5.78. The van der Waals surface area contributed by atoms with Gasteiger partial charge in [-0.25, -0.2) is 0 Å². The summed E-state index contributed by atoms with van der Waals surface area (Å²) in [6.45, 7) is 0.304. The molecule has 0 bridgehead atoms. The second kappa shape index (κ2) is 6.04.